The highest BCUT2D eigenvalue weighted by atomic mass is 32.2. The van der Waals surface area contributed by atoms with Crippen LogP contribution < -0.4 is 11.4 Å². The molecule has 0 spiro atoms. The molecule has 0 fully saturated rings. The minimum Gasteiger partial charge on any atom is -0.462 e. The molecule has 112 valence electrons. The van der Waals surface area contributed by atoms with Gasteiger partial charge in [-0.3, -0.25) is 4.57 Å². The third-order valence-electron chi connectivity index (χ3n) is 2.60. The molecule has 0 saturated carbocycles. The van der Waals surface area contributed by atoms with Crippen molar-refractivity contribution in [2.45, 2.75) is 30.6 Å². The summed E-state index contributed by atoms with van der Waals surface area (Å²) < 4.78 is 6.42. The summed E-state index contributed by atoms with van der Waals surface area (Å²) in [6.45, 7) is 4.25. The Morgan fingerprint density at radius 3 is 2.95 bits per heavy atom. The van der Waals surface area contributed by atoms with Crippen molar-refractivity contribution in [3.8, 4) is 0 Å². The summed E-state index contributed by atoms with van der Waals surface area (Å²) in [6.07, 6.45) is 1.44. The SMILES string of the molecule is CCOC(=O)c1cc(N)cnc1Sc1n[nH]c(=O)n1CC. The van der Waals surface area contributed by atoms with Gasteiger partial charge >= 0.3 is 11.7 Å². The molecule has 0 aromatic carbocycles. The first kappa shape index (κ1) is 15.1. The van der Waals surface area contributed by atoms with Crippen LogP contribution in [0.2, 0.25) is 0 Å². The Kier molecular flexibility index (Phi) is 4.63. The van der Waals surface area contributed by atoms with Gasteiger partial charge in [0, 0.05) is 6.54 Å². The van der Waals surface area contributed by atoms with Gasteiger partial charge in [-0.1, -0.05) is 0 Å². The monoisotopic (exact) mass is 309 g/mol. The number of hydrogen-bond donors (Lipinski definition) is 2. The third-order valence-corrected chi connectivity index (χ3v) is 3.61. The van der Waals surface area contributed by atoms with Gasteiger partial charge in [0.2, 0.25) is 0 Å². The lowest BCUT2D eigenvalue weighted by Gasteiger charge is -2.08. The number of carbonyl (C=O) groups is 1. The fourth-order valence-electron chi connectivity index (χ4n) is 1.65. The zero-order valence-corrected chi connectivity index (χ0v) is 12.4. The molecular weight excluding hydrogens is 294 g/mol. The van der Waals surface area contributed by atoms with Crippen LogP contribution in [0.4, 0.5) is 5.69 Å². The molecule has 0 aliphatic rings. The summed E-state index contributed by atoms with van der Waals surface area (Å²) in [4.78, 5) is 27.6. The summed E-state index contributed by atoms with van der Waals surface area (Å²) in [5.41, 5.74) is 5.96. The van der Waals surface area contributed by atoms with Crippen molar-refractivity contribution >= 4 is 23.4 Å². The number of hydrogen-bond acceptors (Lipinski definition) is 7. The van der Waals surface area contributed by atoms with Gasteiger partial charge in [-0.05, 0) is 31.7 Å². The molecule has 9 heteroatoms. The lowest BCUT2D eigenvalue weighted by atomic mass is 10.3. The summed E-state index contributed by atoms with van der Waals surface area (Å²) in [5, 5.41) is 7.08. The van der Waals surface area contributed by atoms with Crippen LogP contribution in [0.15, 0.2) is 27.2 Å². The molecule has 3 N–H and O–H groups in total. The molecule has 2 aromatic heterocycles. The first-order valence-electron chi connectivity index (χ1n) is 6.32. The van der Waals surface area contributed by atoms with E-state index in [1.165, 1.54) is 16.8 Å². The fourth-order valence-corrected chi connectivity index (χ4v) is 2.60. The number of pyridine rings is 1. The molecule has 2 rings (SSSR count). The van der Waals surface area contributed by atoms with Crippen LogP contribution in [-0.4, -0.2) is 32.3 Å². The standard InChI is InChI=1S/C12H15N5O3S/c1-3-17-11(19)15-16-12(17)21-9-8(10(18)20-4-2)5-7(13)6-14-9/h5-6H,3-4,13H2,1-2H3,(H,15,19). The van der Waals surface area contributed by atoms with Crippen LogP contribution in [0, 0.1) is 0 Å². The van der Waals surface area contributed by atoms with Gasteiger partial charge in [0.15, 0.2) is 5.16 Å². The van der Waals surface area contributed by atoms with Gasteiger partial charge in [-0.25, -0.2) is 19.7 Å². The number of nitrogen functional groups attached to an aromatic ring is 1. The largest absolute Gasteiger partial charge is 0.462 e. The van der Waals surface area contributed by atoms with Gasteiger partial charge in [0.1, 0.15) is 5.03 Å². The zero-order chi connectivity index (χ0) is 15.4. The van der Waals surface area contributed by atoms with E-state index in [9.17, 15) is 9.59 Å². The van der Waals surface area contributed by atoms with E-state index >= 15 is 0 Å². The van der Waals surface area contributed by atoms with E-state index in [1.807, 2.05) is 6.92 Å². The minimum atomic E-state index is -0.513. The zero-order valence-electron chi connectivity index (χ0n) is 11.6. The second-order valence-corrected chi connectivity index (χ2v) is 4.96. The number of anilines is 1. The Bertz CT molecular complexity index is 709. The van der Waals surface area contributed by atoms with Crippen LogP contribution in [0.5, 0.6) is 0 Å². The van der Waals surface area contributed by atoms with Crippen molar-refractivity contribution in [1.29, 1.82) is 0 Å². The highest BCUT2D eigenvalue weighted by molar-refractivity contribution is 7.99. The molecule has 0 saturated heterocycles. The second-order valence-electron chi connectivity index (χ2n) is 4.00. The predicted molar refractivity (Wildman–Crippen MR) is 77.3 cm³/mol. The molecule has 0 unspecified atom stereocenters. The first-order chi connectivity index (χ1) is 10.1. The molecule has 2 aromatic rings. The molecule has 8 nitrogen and oxygen atoms in total. The maximum absolute atomic E-state index is 11.9. The van der Waals surface area contributed by atoms with Crippen molar-refractivity contribution < 1.29 is 9.53 Å². The molecule has 0 aliphatic carbocycles. The van der Waals surface area contributed by atoms with E-state index in [0.717, 1.165) is 11.8 Å². The number of nitrogens with one attached hydrogen (secondary N) is 1. The number of aromatic nitrogens is 4. The van der Waals surface area contributed by atoms with E-state index in [1.54, 1.807) is 6.92 Å². The highest BCUT2D eigenvalue weighted by Crippen LogP contribution is 2.28. The Labute approximate surface area is 124 Å². The van der Waals surface area contributed by atoms with E-state index < -0.39 is 5.97 Å². The van der Waals surface area contributed by atoms with Gasteiger partial charge < -0.3 is 10.5 Å². The molecule has 0 atom stereocenters. The van der Waals surface area contributed by atoms with Crippen molar-refractivity contribution in [3.63, 3.8) is 0 Å². The maximum Gasteiger partial charge on any atom is 0.343 e. The molecule has 0 radical (unpaired) electrons. The third kappa shape index (κ3) is 3.24. The smallest absolute Gasteiger partial charge is 0.343 e. The minimum absolute atomic E-state index is 0.250. The summed E-state index contributed by atoms with van der Waals surface area (Å²) in [6, 6.07) is 1.49. The van der Waals surface area contributed by atoms with E-state index in [2.05, 4.69) is 15.2 Å². The van der Waals surface area contributed by atoms with Crippen molar-refractivity contribution in [2.75, 3.05) is 12.3 Å². The van der Waals surface area contributed by atoms with Gasteiger partial charge in [0.25, 0.3) is 0 Å². The van der Waals surface area contributed by atoms with Crippen LogP contribution in [0.3, 0.4) is 0 Å². The number of carbonyl (C=O) groups excluding carboxylic acids is 1. The fraction of sp³-hybridized carbons (Fsp3) is 0.333. The van der Waals surface area contributed by atoms with E-state index in [0.29, 0.717) is 22.4 Å². The first-order valence-corrected chi connectivity index (χ1v) is 7.14. The second kappa shape index (κ2) is 6.44. The number of aromatic amines is 1. The normalized spacial score (nSPS) is 10.6. The van der Waals surface area contributed by atoms with Crippen molar-refractivity contribution in [1.82, 2.24) is 19.7 Å². The summed E-state index contributed by atoms with van der Waals surface area (Å²) >= 11 is 1.10. The van der Waals surface area contributed by atoms with E-state index in [-0.39, 0.29) is 17.9 Å². The molecule has 0 bridgehead atoms. The number of esters is 1. The lowest BCUT2D eigenvalue weighted by molar-refractivity contribution is 0.0521. The molecule has 0 aliphatic heterocycles. The maximum atomic E-state index is 11.9. The average Bonchev–Trinajstić information content (AvgIpc) is 2.81. The molecule has 0 amide bonds. The summed E-state index contributed by atoms with van der Waals surface area (Å²) in [5.74, 6) is -0.513. The Balaban J connectivity index is 2.39. The quantitative estimate of drug-likeness (QED) is 0.788. The Hall–Kier alpha value is -2.29. The van der Waals surface area contributed by atoms with Gasteiger partial charge in [-0.15, -0.1) is 5.10 Å². The van der Waals surface area contributed by atoms with Crippen molar-refractivity contribution in [2.24, 2.45) is 0 Å². The number of ether oxygens (including phenoxy) is 1. The molecule has 2 heterocycles. The molecular formula is C12H15N5O3S. The number of H-pyrrole nitrogens is 1. The van der Waals surface area contributed by atoms with Crippen LogP contribution in [0.1, 0.15) is 24.2 Å². The predicted octanol–water partition coefficient (Wildman–Crippen LogP) is 0.896. The Morgan fingerprint density at radius 2 is 2.29 bits per heavy atom. The van der Waals surface area contributed by atoms with Gasteiger partial charge in [-0.2, -0.15) is 0 Å². The van der Waals surface area contributed by atoms with Gasteiger partial charge in [0.05, 0.1) is 24.1 Å². The Morgan fingerprint density at radius 1 is 1.52 bits per heavy atom. The van der Waals surface area contributed by atoms with Crippen LogP contribution in [-0.2, 0) is 11.3 Å². The number of nitrogens with two attached hydrogens (primary N) is 1. The van der Waals surface area contributed by atoms with Crippen LogP contribution in [0.25, 0.3) is 0 Å². The summed E-state index contributed by atoms with van der Waals surface area (Å²) in [7, 11) is 0. The van der Waals surface area contributed by atoms with E-state index in [4.69, 9.17) is 10.5 Å². The van der Waals surface area contributed by atoms with Crippen LogP contribution >= 0.6 is 11.8 Å². The van der Waals surface area contributed by atoms with Crippen molar-refractivity contribution in [3.05, 3.63) is 28.3 Å². The lowest BCUT2D eigenvalue weighted by Crippen LogP contribution is -2.16. The number of rotatable bonds is 5. The average molecular weight is 309 g/mol. The number of nitrogens with zero attached hydrogens (tertiary/aromatic N) is 3. The topological polar surface area (TPSA) is 116 Å². The molecule has 21 heavy (non-hydrogen) atoms. The highest BCUT2D eigenvalue weighted by Gasteiger charge is 2.18.